The summed E-state index contributed by atoms with van der Waals surface area (Å²) in [6.07, 6.45) is 3.72. The topological polar surface area (TPSA) is 61.8 Å². The van der Waals surface area contributed by atoms with E-state index in [9.17, 15) is 9.59 Å². The van der Waals surface area contributed by atoms with Gasteiger partial charge in [-0.15, -0.1) is 0 Å². The highest BCUT2D eigenvalue weighted by atomic mass is 28.4. The van der Waals surface area contributed by atoms with Crippen molar-refractivity contribution in [3.8, 4) is 0 Å². The largest absolute Gasteiger partial charge is 0.468 e. The zero-order valence-corrected chi connectivity index (χ0v) is 18.4. The third-order valence-electron chi connectivity index (χ3n) is 5.12. The predicted octanol–water partition coefficient (Wildman–Crippen LogP) is 4.30. The Balaban J connectivity index is 3.15. The Morgan fingerprint density at radius 1 is 1.04 bits per heavy atom. The van der Waals surface area contributed by atoms with Crippen LogP contribution in [0.1, 0.15) is 26.3 Å². The fourth-order valence-corrected chi connectivity index (χ4v) is 3.32. The maximum absolute atomic E-state index is 12.3. The molecule has 1 rings (SSSR count). The molecule has 0 aromatic heterocycles. The number of benzene rings is 1. The number of carbonyl (C=O) groups is 2. The molecule has 0 saturated carbocycles. The van der Waals surface area contributed by atoms with Crippen LogP contribution in [0.3, 0.4) is 0 Å². The average molecular weight is 393 g/mol. The van der Waals surface area contributed by atoms with E-state index in [4.69, 9.17) is 13.9 Å². The van der Waals surface area contributed by atoms with Crippen LogP contribution in [-0.4, -0.2) is 41.1 Å². The van der Waals surface area contributed by atoms with Crippen LogP contribution in [0.15, 0.2) is 36.4 Å². The van der Waals surface area contributed by atoms with Crippen LogP contribution in [0.2, 0.25) is 18.1 Å². The molecule has 1 aromatic rings. The van der Waals surface area contributed by atoms with Crippen LogP contribution in [0, 0.1) is 11.8 Å². The molecule has 0 amide bonds. The predicted molar refractivity (Wildman–Crippen MR) is 110 cm³/mol. The lowest BCUT2D eigenvalue weighted by atomic mass is 9.92. The van der Waals surface area contributed by atoms with Gasteiger partial charge in [0.05, 0.1) is 14.2 Å². The first kappa shape index (κ1) is 23.1. The van der Waals surface area contributed by atoms with Crippen LogP contribution >= 0.6 is 0 Å². The van der Waals surface area contributed by atoms with Crippen molar-refractivity contribution in [2.24, 2.45) is 11.8 Å². The molecule has 6 heteroatoms. The quantitative estimate of drug-likeness (QED) is 0.375. The van der Waals surface area contributed by atoms with Crippen molar-refractivity contribution in [1.82, 2.24) is 0 Å². The SMILES string of the molecule is COC(=O)C(C(=O)OC)[C@H](/C=C/c1ccccc1)CO[Si](C)(C)C(C)(C)C. The van der Waals surface area contributed by atoms with Gasteiger partial charge >= 0.3 is 11.9 Å². The molecular weight excluding hydrogens is 360 g/mol. The van der Waals surface area contributed by atoms with E-state index in [1.54, 1.807) is 0 Å². The molecule has 1 atom stereocenters. The number of ether oxygens (including phenoxy) is 2. The summed E-state index contributed by atoms with van der Waals surface area (Å²) in [4.78, 5) is 24.6. The highest BCUT2D eigenvalue weighted by Gasteiger charge is 2.41. The minimum atomic E-state index is -2.05. The molecule has 0 heterocycles. The van der Waals surface area contributed by atoms with Gasteiger partial charge in [-0.1, -0.05) is 63.3 Å². The van der Waals surface area contributed by atoms with Crippen molar-refractivity contribution in [3.63, 3.8) is 0 Å². The van der Waals surface area contributed by atoms with Crippen molar-refractivity contribution < 1.29 is 23.5 Å². The molecule has 0 aliphatic rings. The number of hydrogen-bond acceptors (Lipinski definition) is 5. The number of methoxy groups -OCH3 is 2. The normalized spacial score (nSPS) is 13.6. The van der Waals surface area contributed by atoms with Crippen molar-refractivity contribution in [2.75, 3.05) is 20.8 Å². The minimum Gasteiger partial charge on any atom is -0.468 e. The zero-order valence-electron chi connectivity index (χ0n) is 17.4. The summed E-state index contributed by atoms with van der Waals surface area (Å²) >= 11 is 0. The summed E-state index contributed by atoms with van der Waals surface area (Å²) in [6.45, 7) is 11.0. The van der Waals surface area contributed by atoms with E-state index < -0.39 is 32.1 Å². The first-order chi connectivity index (χ1) is 12.5. The standard InChI is InChI=1S/C21H32O5Si/c1-21(2,3)27(6,7)26-15-17(14-13-16-11-9-8-10-12-16)18(19(22)24-4)20(23)25-5/h8-14,17-18H,15H2,1-7H3/b14-13+/t17-/m1/s1. The van der Waals surface area contributed by atoms with E-state index in [-0.39, 0.29) is 11.6 Å². The van der Waals surface area contributed by atoms with Crippen molar-refractivity contribution in [1.29, 1.82) is 0 Å². The van der Waals surface area contributed by atoms with Crippen molar-refractivity contribution in [3.05, 3.63) is 42.0 Å². The first-order valence-corrected chi connectivity index (χ1v) is 12.0. The Labute approximate surface area is 163 Å². The molecule has 0 saturated heterocycles. The van der Waals surface area contributed by atoms with Gasteiger partial charge in [-0.2, -0.15) is 0 Å². The summed E-state index contributed by atoms with van der Waals surface area (Å²) in [5, 5.41) is 0.0206. The number of rotatable bonds is 8. The van der Waals surface area contributed by atoms with Gasteiger partial charge in [0.15, 0.2) is 14.2 Å². The maximum atomic E-state index is 12.3. The van der Waals surface area contributed by atoms with Gasteiger partial charge < -0.3 is 13.9 Å². The zero-order chi connectivity index (χ0) is 20.7. The van der Waals surface area contributed by atoms with Crippen molar-refractivity contribution >= 4 is 26.3 Å². The second-order valence-corrected chi connectivity index (χ2v) is 12.8. The van der Waals surface area contributed by atoms with Gasteiger partial charge in [0.2, 0.25) is 0 Å². The minimum absolute atomic E-state index is 0.0206. The van der Waals surface area contributed by atoms with Crippen LogP contribution in [0.5, 0.6) is 0 Å². The molecule has 0 N–H and O–H groups in total. The second kappa shape index (κ2) is 9.85. The average Bonchev–Trinajstić information content (AvgIpc) is 2.62. The lowest BCUT2D eigenvalue weighted by Gasteiger charge is -2.37. The number of hydrogen-bond donors (Lipinski definition) is 0. The molecule has 5 nitrogen and oxygen atoms in total. The third kappa shape index (κ3) is 6.63. The van der Waals surface area contributed by atoms with E-state index in [1.165, 1.54) is 14.2 Å². The summed E-state index contributed by atoms with van der Waals surface area (Å²) in [5.41, 5.74) is 0.975. The van der Waals surface area contributed by atoms with E-state index in [0.29, 0.717) is 0 Å². The monoisotopic (exact) mass is 392 g/mol. The Morgan fingerprint density at radius 2 is 1.56 bits per heavy atom. The Hall–Kier alpha value is -1.92. The maximum Gasteiger partial charge on any atom is 0.320 e. The second-order valence-electron chi connectivity index (χ2n) is 8.03. The molecule has 0 spiro atoms. The van der Waals surface area contributed by atoms with E-state index in [2.05, 4.69) is 33.9 Å². The van der Waals surface area contributed by atoms with E-state index >= 15 is 0 Å². The highest BCUT2D eigenvalue weighted by molar-refractivity contribution is 6.74. The fraction of sp³-hybridized carbons (Fsp3) is 0.524. The Kier molecular flexibility index (Phi) is 8.43. The Bertz CT molecular complexity index is 630. The lowest BCUT2D eigenvalue weighted by molar-refractivity contribution is -0.161. The van der Waals surface area contributed by atoms with Gasteiger partial charge in [-0.25, -0.2) is 0 Å². The molecule has 0 aliphatic heterocycles. The highest BCUT2D eigenvalue weighted by Crippen LogP contribution is 2.37. The van der Waals surface area contributed by atoms with E-state index in [0.717, 1.165) is 5.56 Å². The van der Waals surface area contributed by atoms with Gasteiger partial charge in [0.1, 0.15) is 0 Å². The number of carbonyl (C=O) groups excluding carboxylic acids is 2. The molecule has 27 heavy (non-hydrogen) atoms. The van der Waals surface area contributed by atoms with Crippen molar-refractivity contribution in [2.45, 2.75) is 38.9 Å². The molecular formula is C21H32O5Si. The van der Waals surface area contributed by atoms with Gasteiger partial charge in [-0.3, -0.25) is 9.59 Å². The Morgan fingerprint density at radius 3 is 2.00 bits per heavy atom. The first-order valence-electron chi connectivity index (χ1n) is 9.06. The molecule has 150 valence electrons. The molecule has 1 aromatic carbocycles. The molecule has 0 unspecified atom stereocenters. The molecule has 0 radical (unpaired) electrons. The summed E-state index contributed by atoms with van der Waals surface area (Å²) in [6, 6.07) is 9.69. The van der Waals surface area contributed by atoms with Crippen LogP contribution in [-0.2, 0) is 23.5 Å². The van der Waals surface area contributed by atoms with Gasteiger partial charge in [-0.05, 0) is 23.7 Å². The van der Waals surface area contributed by atoms with Gasteiger partial charge in [0.25, 0.3) is 0 Å². The molecule has 0 fully saturated rings. The lowest BCUT2D eigenvalue weighted by Crippen LogP contribution is -2.44. The summed E-state index contributed by atoms with van der Waals surface area (Å²) in [5.74, 6) is -2.80. The molecule has 0 aliphatic carbocycles. The summed E-state index contributed by atoms with van der Waals surface area (Å²) in [7, 11) is 0.488. The summed E-state index contributed by atoms with van der Waals surface area (Å²) < 4.78 is 16.0. The van der Waals surface area contributed by atoms with Crippen LogP contribution in [0.4, 0.5) is 0 Å². The third-order valence-corrected chi connectivity index (χ3v) is 9.62. The van der Waals surface area contributed by atoms with Crippen LogP contribution < -0.4 is 0 Å². The van der Waals surface area contributed by atoms with Crippen LogP contribution in [0.25, 0.3) is 6.08 Å². The van der Waals surface area contributed by atoms with Gasteiger partial charge in [0, 0.05) is 12.5 Å². The number of esters is 2. The van der Waals surface area contributed by atoms with E-state index in [1.807, 2.05) is 42.5 Å². The smallest absolute Gasteiger partial charge is 0.320 e. The fourth-order valence-electron chi connectivity index (χ4n) is 2.28. The molecule has 0 bridgehead atoms.